The van der Waals surface area contributed by atoms with Crippen molar-refractivity contribution in [2.45, 2.75) is 13.0 Å². The molecule has 0 radical (unpaired) electrons. The van der Waals surface area contributed by atoms with Crippen LogP contribution in [0.25, 0.3) is 11.3 Å². The number of rotatable bonds is 6. The normalized spacial score (nSPS) is 11.7. The highest BCUT2D eigenvalue weighted by Gasteiger charge is 2.20. The Morgan fingerprint density at radius 1 is 1.14 bits per heavy atom. The summed E-state index contributed by atoms with van der Waals surface area (Å²) < 4.78 is 5.43. The van der Waals surface area contributed by atoms with Gasteiger partial charge in [-0.15, -0.1) is 0 Å². The molecule has 2 aromatic carbocycles. The zero-order valence-corrected chi connectivity index (χ0v) is 15.9. The average Bonchev–Trinajstić information content (AvgIpc) is 3.22. The molecule has 0 spiro atoms. The molecule has 0 aliphatic carbocycles. The third-order valence-electron chi connectivity index (χ3n) is 4.46. The zero-order valence-electron chi connectivity index (χ0n) is 15.9. The minimum absolute atomic E-state index is 0.122. The number of carbonyl (C=O) groups is 1. The highest BCUT2D eigenvalue weighted by molar-refractivity contribution is 6.00. The maximum absolute atomic E-state index is 12.9. The highest BCUT2D eigenvalue weighted by atomic mass is 16.6. The molecule has 0 saturated carbocycles. The summed E-state index contributed by atoms with van der Waals surface area (Å²) in [6.45, 7) is 1.87. The predicted molar refractivity (Wildman–Crippen MR) is 107 cm³/mol. The first-order valence-electron chi connectivity index (χ1n) is 8.77. The molecular weight excluding hydrogens is 358 g/mol. The van der Waals surface area contributed by atoms with Crippen LogP contribution in [0.3, 0.4) is 0 Å². The average molecular weight is 379 g/mol. The van der Waals surface area contributed by atoms with Crippen molar-refractivity contribution in [3.8, 4) is 11.3 Å². The van der Waals surface area contributed by atoms with Gasteiger partial charge in [0.05, 0.1) is 22.8 Å². The summed E-state index contributed by atoms with van der Waals surface area (Å²) in [5, 5.41) is 14.0. The van der Waals surface area contributed by atoms with Gasteiger partial charge in [-0.3, -0.25) is 14.9 Å². The topological polar surface area (TPSA) is 88.6 Å². The van der Waals surface area contributed by atoms with Gasteiger partial charge < -0.3 is 14.6 Å². The molecule has 7 heteroatoms. The SMILES string of the molecule is CC(NC(=O)c1cc([N+](=O)[O-])ccc1N(C)C)c1cccc(-c2ccco2)c1. The number of hydrogen-bond donors (Lipinski definition) is 1. The van der Waals surface area contributed by atoms with Gasteiger partial charge in [-0.25, -0.2) is 0 Å². The predicted octanol–water partition coefficient (Wildman–Crippen LogP) is 4.41. The van der Waals surface area contributed by atoms with E-state index in [1.807, 2.05) is 43.3 Å². The van der Waals surface area contributed by atoms with Gasteiger partial charge in [0.1, 0.15) is 5.76 Å². The van der Waals surface area contributed by atoms with Crippen molar-refractivity contribution in [3.05, 3.63) is 82.1 Å². The first-order chi connectivity index (χ1) is 13.4. The number of non-ortho nitro benzene ring substituents is 1. The van der Waals surface area contributed by atoms with Crippen molar-refractivity contribution in [1.82, 2.24) is 5.32 Å². The lowest BCUT2D eigenvalue weighted by Crippen LogP contribution is -2.28. The van der Waals surface area contributed by atoms with E-state index < -0.39 is 4.92 Å². The molecule has 7 nitrogen and oxygen atoms in total. The van der Waals surface area contributed by atoms with Crippen molar-refractivity contribution < 1.29 is 14.1 Å². The van der Waals surface area contributed by atoms with Crippen LogP contribution in [0, 0.1) is 10.1 Å². The van der Waals surface area contributed by atoms with Crippen LogP contribution in [-0.2, 0) is 0 Å². The smallest absolute Gasteiger partial charge is 0.270 e. The van der Waals surface area contributed by atoms with Crippen LogP contribution in [0.2, 0.25) is 0 Å². The maximum Gasteiger partial charge on any atom is 0.270 e. The van der Waals surface area contributed by atoms with Gasteiger partial charge in [-0.05, 0) is 36.8 Å². The van der Waals surface area contributed by atoms with Crippen LogP contribution in [0.1, 0.15) is 28.9 Å². The lowest BCUT2D eigenvalue weighted by Gasteiger charge is -2.19. The Balaban J connectivity index is 1.86. The maximum atomic E-state index is 12.9. The van der Waals surface area contributed by atoms with Gasteiger partial charge in [-0.1, -0.05) is 18.2 Å². The van der Waals surface area contributed by atoms with Gasteiger partial charge in [0, 0.05) is 37.5 Å². The molecular formula is C21H21N3O4. The molecule has 0 bridgehead atoms. The standard InChI is InChI=1S/C21H21N3O4/c1-14(15-6-4-7-16(12-15)20-8-5-11-28-20)22-21(25)18-13-17(24(26)27)9-10-19(18)23(2)3/h4-14H,1-3H3,(H,22,25). The zero-order chi connectivity index (χ0) is 20.3. The Morgan fingerprint density at radius 2 is 1.93 bits per heavy atom. The second-order valence-electron chi connectivity index (χ2n) is 6.65. The molecule has 1 aromatic heterocycles. The summed E-state index contributed by atoms with van der Waals surface area (Å²) >= 11 is 0. The van der Waals surface area contributed by atoms with Gasteiger partial charge in [-0.2, -0.15) is 0 Å². The fourth-order valence-electron chi connectivity index (χ4n) is 2.97. The Morgan fingerprint density at radius 3 is 2.57 bits per heavy atom. The quantitative estimate of drug-likeness (QED) is 0.506. The van der Waals surface area contributed by atoms with Crippen LogP contribution in [0.4, 0.5) is 11.4 Å². The van der Waals surface area contributed by atoms with Crippen molar-refractivity contribution in [2.24, 2.45) is 0 Å². The largest absolute Gasteiger partial charge is 0.464 e. The minimum Gasteiger partial charge on any atom is -0.464 e. The van der Waals surface area contributed by atoms with E-state index in [-0.39, 0.29) is 23.2 Å². The lowest BCUT2D eigenvalue weighted by molar-refractivity contribution is -0.384. The number of nitro benzene ring substituents is 1. The van der Waals surface area contributed by atoms with E-state index in [9.17, 15) is 14.9 Å². The van der Waals surface area contributed by atoms with Gasteiger partial charge in [0.15, 0.2) is 0 Å². The van der Waals surface area contributed by atoms with E-state index in [1.165, 1.54) is 12.1 Å². The first-order valence-corrected chi connectivity index (χ1v) is 8.77. The molecule has 0 aliphatic heterocycles. The number of nitro groups is 1. The number of nitrogens with zero attached hydrogens (tertiary/aromatic N) is 2. The van der Waals surface area contributed by atoms with Crippen molar-refractivity contribution in [2.75, 3.05) is 19.0 Å². The number of benzene rings is 2. The van der Waals surface area contributed by atoms with Crippen LogP contribution in [0.15, 0.2) is 65.3 Å². The Kier molecular flexibility index (Phi) is 5.44. The van der Waals surface area contributed by atoms with Crippen molar-refractivity contribution >= 4 is 17.3 Å². The van der Waals surface area contributed by atoms with Crippen molar-refractivity contribution in [1.29, 1.82) is 0 Å². The van der Waals surface area contributed by atoms with E-state index in [0.29, 0.717) is 5.69 Å². The molecule has 0 aliphatic rings. The molecule has 1 heterocycles. The van der Waals surface area contributed by atoms with E-state index >= 15 is 0 Å². The third-order valence-corrected chi connectivity index (χ3v) is 4.46. The number of carbonyl (C=O) groups excluding carboxylic acids is 1. The minimum atomic E-state index is -0.507. The number of amides is 1. The second-order valence-corrected chi connectivity index (χ2v) is 6.65. The summed E-state index contributed by atoms with van der Waals surface area (Å²) in [5.41, 5.74) is 2.56. The van der Waals surface area contributed by atoms with Crippen LogP contribution < -0.4 is 10.2 Å². The molecule has 28 heavy (non-hydrogen) atoms. The van der Waals surface area contributed by atoms with E-state index in [2.05, 4.69) is 5.32 Å². The van der Waals surface area contributed by atoms with Gasteiger partial charge in [0.25, 0.3) is 11.6 Å². The Labute approximate surface area is 162 Å². The van der Waals surface area contributed by atoms with Crippen LogP contribution in [-0.4, -0.2) is 24.9 Å². The molecule has 0 fully saturated rings. The third kappa shape index (κ3) is 4.03. The Hall–Kier alpha value is -3.61. The number of furan rings is 1. The fourth-order valence-corrected chi connectivity index (χ4v) is 2.97. The second kappa shape index (κ2) is 7.96. The highest BCUT2D eigenvalue weighted by Crippen LogP contribution is 2.26. The molecule has 144 valence electrons. The summed E-state index contributed by atoms with van der Waals surface area (Å²) in [6.07, 6.45) is 1.61. The molecule has 1 unspecified atom stereocenters. The fraction of sp³-hybridized carbons (Fsp3) is 0.190. The molecule has 1 N–H and O–H groups in total. The van der Waals surface area contributed by atoms with Crippen LogP contribution in [0.5, 0.6) is 0 Å². The summed E-state index contributed by atoms with van der Waals surface area (Å²) in [4.78, 5) is 25.2. The van der Waals surface area contributed by atoms with E-state index in [4.69, 9.17) is 4.42 Å². The van der Waals surface area contributed by atoms with Crippen molar-refractivity contribution in [3.63, 3.8) is 0 Å². The lowest BCUT2D eigenvalue weighted by atomic mass is 10.0. The monoisotopic (exact) mass is 379 g/mol. The van der Waals surface area contributed by atoms with Gasteiger partial charge >= 0.3 is 0 Å². The molecule has 1 amide bonds. The van der Waals surface area contributed by atoms with Crippen LogP contribution >= 0.6 is 0 Å². The summed E-state index contributed by atoms with van der Waals surface area (Å²) in [6, 6.07) is 15.4. The summed E-state index contributed by atoms with van der Waals surface area (Å²) in [7, 11) is 3.57. The molecule has 0 saturated heterocycles. The first kappa shape index (κ1) is 19.2. The molecule has 1 atom stereocenters. The summed E-state index contributed by atoms with van der Waals surface area (Å²) in [5.74, 6) is 0.372. The number of anilines is 1. The van der Waals surface area contributed by atoms with E-state index in [1.54, 1.807) is 31.3 Å². The van der Waals surface area contributed by atoms with Gasteiger partial charge in [0.2, 0.25) is 0 Å². The molecule has 3 rings (SSSR count). The van der Waals surface area contributed by atoms with E-state index in [0.717, 1.165) is 16.9 Å². The number of hydrogen-bond acceptors (Lipinski definition) is 5. The molecule has 3 aromatic rings. The Bertz CT molecular complexity index is 997. The number of nitrogens with one attached hydrogen (secondary N) is 1.